The molecule has 3 N–H and O–H groups in total. The molecule has 0 saturated carbocycles. The van der Waals surface area contributed by atoms with Crippen molar-refractivity contribution in [3.8, 4) is 0 Å². The van der Waals surface area contributed by atoms with Crippen LogP contribution in [0, 0.1) is 0 Å². The molecular formula is C3H6F4N2. The Bertz CT molecular complexity index is 83.9. The summed E-state index contributed by atoms with van der Waals surface area (Å²) in [5.74, 6) is 0.370. The van der Waals surface area contributed by atoms with E-state index >= 15 is 0 Å². The van der Waals surface area contributed by atoms with Gasteiger partial charge in [0.25, 0.3) is 0 Å². The molecule has 0 aromatic heterocycles. The van der Waals surface area contributed by atoms with Gasteiger partial charge in [-0.05, 0) is 0 Å². The van der Waals surface area contributed by atoms with Gasteiger partial charge in [-0.2, -0.15) is 8.78 Å². The number of hydrogen-bond acceptors (Lipinski definition) is 2. The maximum absolute atomic E-state index is 11.7. The lowest BCUT2D eigenvalue weighted by molar-refractivity contribution is -0.125. The molecule has 9 heavy (non-hydrogen) atoms. The maximum Gasteiger partial charge on any atom is 0.320 e. The molecule has 0 aromatic carbocycles. The number of rotatable bonds is 3. The summed E-state index contributed by atoms with van der Waals surface area (Å²) in [6.07, 6.45) is -3.66. The van der Waals surface area contributed by atoms with Crippen LogP contribution in [0.25, 0.3) is 0 Å². The smallest absolute Gasteiger partial charge is 0.271 e. The van der Waals surface area contributed by atoms with E-state index in [1.165, 1.54) is 5.43 Å². The van der Waals surface area contributed by atoms with E-state index in [2.05, 4.69) is 5.84 Å². The number of hydrazine groups is 1. The van der Waals surface area contributed by atoms with Crippen LogP contribution >= 0.6 is 0 Å². The van der Waals surface area contributed by atoms with Gasteiger partial charge in [-0.15, -0.1) is 0 Å². The first-order valence-electron chi connectivity index (χ1n) is 2.10. The van der Waals surface area contributed by atoms with E-state index < -0.39 is 18.9 Å². The number of alkyl halides is 4. The van der Waals surface area contributed by atoms with Crippen molar-refractivity contribution in [3.05, 3.63) is 0 Å². The van der Waals surface area contributed by atoms with E-state index in [0.717, 1.165) is 0 Å². The van der Waals surface area contributed by atoms with Crippen molar-refractivity contribution < 1.29 is 17.6 Å². The third kappa shape index (κ3) is 2.62. The van der Waals surface area contributed by atoms with Crippen molar-refractivity contribution >= 4 is 0 Å². The molecule has 0 unspecified atom stereocenters. The fourth-order valence-electron chi connectivity index (χ4n) is 0.213. The topological polar surface area (TPSA) is 38.0 Å². The van der Waals surface area contributed by atoms with Crippen LogP contribution in [0.4, 0.5) is 17.6 Å². The van der Waals surface area contributed by atoms with Crippen LogP contribution < -0.4 is 11.3 Å². The standard InChI is InChI=1S/C3H6F4N2/c4-2(5)3(6,7)1-9-8/h2,9H,1,8H2. The molecule has 2 nitrogen and oxygen atoms in total. The number of nitrogens with one attached hydrogen (secondary N) is 1. The lowest BCUT2D eigenvalue weighted by Gasteiger charge is -2.12. The average Bonchev–Trinajstić information content (AvgIpc) is 1.65. The quantitative estimate of drug-likeness (QED) is 0.342. The number of halogens is 4. The van der Waals surface area contributed by atoms with Crippen LogP contribution in [0.2, 0.25) is 0 Å². The van der Waals surface area contributed by atoms with Crippen LogP contribution in [-0.4, -0.2) is 18.9 Å². The summed E-state index contributed by atoms with van der Waals surface area (Å²) in [4.78, 5) is 0. The first kappa shape index (κ1) is 8.64. The molecule has 56 valence electrons. The predicted molar refractivity (Wildman–Crippen MR) is 23.1 cm³/mol. The van der Waals surface area contributed by atoms with Crippen LogP contribution in [0.5, 0.6) is 0 Å². The SMILES string of the molecule is NNCC(F)(F)C(F)F. The Labute approximate surface area is 49.0 Å². The van der Waals surface area contributed by atoms with Gasteiger partial charge in [0.05, 0.1) is 6.54 Å². The van der Waals surface area contributed by atoms with Crippen molar-refractivity contribution in [2.24, 2.45) is 5.84 Å². The van der Waals surface area contributed by atoms with Crippen LogP contribution in [0.3, 0.4) is 0 Å². The van der Waals surface area contributed by atoms with Crippen molar-refractivity contribution in [2.45, 2.75) is 12.3 Å². The Morgan fingerprint density at radius 1 is 1.44 bits per heavy atom. The van der Waals surface area contributed by atoms with Gasteiger partial charge in [-0.25, -0.2) is 8.78 Å². The zero-order valence-electron chi connectivity index (χ0n) is 4.37. The molecule has 0 saturated heterocycles. The van der Waals surface area contributed by atoms with Gasteiger partial charge in [-0.3, -0.25) is 11.3 Å². The third-order valence-corrected chi connectivity index (χ3v) is 0.657. The summed E-state index contributed by atoms with van der Waals surface area (Å²) in [5, 5.41) is 0. The third-order valence-electron chi connectivity index (χ3n) is 0.657. The fraction of sp³-hybridized carbons (Fsp3) is 1.00. The Morgan fingerprint density at radius 2 is 1.89 bits per heavy atom. The first-order chi connectivity index (χ1) is 4.00. The highest BCUT2D eigenvalue weighted by Crippen LogP contribution is 2.20. The molecule has 0 spiro atoms. The second-order valence-electron chi connectivity index (χ2n) is 1.44. The van der Waals surface area contributed by atoms with Crippen molar-refractivity contribution in [1.82, 2.24) is 5.43 Å². The van der Waals surface area contributed by atoms with E-state index in [1.807, 2.05) is 0 Å². The molecule has 0 aliphatic heterocycles. The molecule has 0 atom stereocenters. The Balaban J connectivity index is 3.70. The molecule has 0 heterocycles. The minimum absolute atomic E-state index is 1.20. The lowest BCUT2D eigenvalue weighted by atomic mass is 10.3. The second kappa shape index (κ2) is 2.98. The summed E-state index contributed by atoms with van der Waals surface area (Å²) >= 11 is 0. The van der Waals surface area contributed by atoms with Gasteiger partial charge < -0.3 is 0 Å². The highest BCUT2D eigenvalue weighted by atomic mass is 19.3. The van der Waals surface area contributed by atoms with E-state index in [9.17, 15) is 17.6 Å². The van der Waals surface area contributed by atoms with E-state index in [0.29, 0.717) is 0 Å². The molecule has 0 fully saturated rings. The van der Waals surface area contributed by atoms with Crippen molar-refractivity contribution in [3.63, 3.8) is 0 Å². The van der Waals surface area contributed by atoms with Gasteiger partial charge in [0.1, 0.15) is 0 Å². The van der Waals surface area contributed by atoms with E-state index in [4.69, 9.17) is 0 Å². The predicted octanol–water partition coefficient (Wildman–Crippen LogP) is 0.350. The van der Waals surface area contributed by atoms with Crippen molar-refractivity contribution in [2.75, 3.05) is 6.54 Å². The minimum atomic E-state index is -4.02. The molecular weight excluding hydrogens is 140 g/mol. The van der Waals surface area contributed by atoms with Crippen molar-refractivity contribution in [1.29, 1.82) is 0 Å². The first-order valence-corrected chi connectivity index (χ1v) is 2.10. The molecule has 6 heteroatoms. The largest absolute Gasteiger partial charge is 0.320 e. The molecule has 0 radical (unpaired) electrons. The normalized spacial score (nSPS) is 12.7. The van der Waals surface area contributed by atoms with Gasteiger partial charge >= 0.3 is 12.3 Å². The van der Waals surface area contributed by atoms with Gasteiger partial charge in [-0.1, -0.05) is 0 Å². The van der Waals surface area contributed by atoms with Crippen LogP contribution in [-0.2, 0) is 0 Å². The summed E-state index contributed by atoms with van der Waals surface area (Å²) in [6.45, 7) is -1.20. The molecule has 0 bridgehead atoms. The van der Waals surface area contributed by atoms with Gasteiger partial charge in [0, 0.05) is 0 Å². The highest BCUT2D eigenvalue weighted by molar-refractivity contribution is 4.69. The monoisotopic (exact) mass is 146 g/mol. The summed E-state index contributed by atoms with van der Waals surface area (Å²) in [7, 11) is 0. The molecule has 0 rings (SSSR count). The Hall–Kier alpha value is -0.360. The van der Waals surface area contributed by atoms with E-state index in [1.54, 1.807) is 0 Å². The lowest BCUT2D eigenvalue weighted by Crippen LogP contribution is -2.41. The molecule has 0 aliphatic carbocycles. The zero-order valence-corrected chi connectivity index (χ0v) is 4.37. The van der Waals surface area contributed by atoms with Crippen LogP contribution in [0.1, 0.15) is 0 Å². The average molecular weight is 146 g/mol. The Kier molecular flexibility index (Phi) is 2.86. The van der Waals surface area contributed by atoms with E-state index in [-0.39, 0.29) is 0 Å². The molecule has 0 aliphatic rings. The summed E-state index contributed by atoms with van der Waals surface area (Å²) < 4.78 is 45.6. The zero-order chi connectivity index (χ0) is 7.49. The van der Waals surface area contributed by atoms with Gasteiger partial charge in [0.2, 0.25) is 0 Å². The highest BCUT2D eigenvalue weighted by Gasteiger charge is 2.39. The maximum atomic E-state index is 11.7. The van der Waals surface area contributed by atoms with Gasteiger partial charge in [0.15, 0.2) is 0 Å². The molecule has 0 aromatic rings. The van der Waals surface area contributed by atoms with Crippen LogP contribution in [0.15, 0.2) is 0 Å². The molecule has 0 amide bonds. The summed E-state index contributed by atoms with van der Waals surface area (Å²) in [6, 6.07) is 0. The minimum Gasteiger partial charge on any atom is -0.271 e. The number of nitrogens with two attached hydrogens (primary N) is 1. The number of hydrogen-bond donors (Lipinski definition) is 2. The second-order valence-corrected chi connectivity index (χ2v) is 1.44. The fourth-order valence-corrected chi connectivity index (χ4v) is 0.213. The Morgan fingerprint density at radius 3 is 2.00 bits per heavy atom. The summed E-state index contributed by atoms with van der Waals surface area (Å²) in [5.41, 5.74) is 1.46.